The highest BCUT2D eigenvalue weighted by atomic mass is 79.9. The third-order valence-corrected chi connectivity index (χ3v) is 8.60. The SMILES string of the molecule is CC(C)(C)Oc1ccc(N(c2ccc(-c3ccccc3)cc2)c2cc(Br)cc(N(c3ccccc3)c3ccc4ccccc4c3)c2)cc1. The number of hydrogen-bond acceptors (Lipinski definition) is 3. The molecule has 0 atom stereocenters. The largest absolute Gasteiger partial charge is 0.488 e. The van der Waals surface area contributed by atoms with E-state index in [4.69, 9.17) is 4.74 Å². The van der Waals surface area contributed by atoms with Gasteiger partial charge in [0, 0.05) is 38.6 Å². The molecule has 3 nitrogen and oxygen atoms in total. The number of nitrogens with zero attached hydrogens (tertiary/aromatic N) is 2. The Hall–Kier alpha value is -5.32. The predicted molar refractivity (Wildman–Crippen MR) is 207 cm³/mol. The van der Waals surface area contributed by atoms with Crippen molar-refractivity contribution in [2.45, 2.75) is 26.4 Å². The highest BCUT2D eigenvalue weighted by molar-refractivity contribution is 9.10. The molecular formula is C44H37BrN2O. The summed E-state index contributed by atoms with van der Waals surface area (Å²) in [6, 6.07) is 60.0. The van der Waals surface area contributed by atoms with Crippen LogP contribution in [0.1, 0.15) is 20.8 Å². The first kappa shape index (κ1) is 31.3. The van der Waals surface area contributed by atoms with Crippen LogP contribution < -0.4 is 14.5 Å². The second kappa shape index (κ2) is 13.4. The number of hydrogen-bond donors (Lipinski definition) is 0. The highest BCUT2D eigenvalue weighted by Gasteiger charge is 2.20. The minimum absolute atomic E-state index is 0.280. The van der Waals surface area contributed by atoms with Crippen molar-refractivity contribution >= 4 is 60.8 Å². The van der Waals surface area contributed by atoms with Crippen LogP contribution in [0.5, 0.6) is 5.75 Å². The Morgan fingerprint density at radius 2 is 0.896 bits per heavy atom. The highest BCUT2D eigenvalue weighted by Crippen LogP contribution is 2.43. The van der Waals surface area contributed by atoms with Crippen LogP contribution in [-0.2, 0) is 0 Å². The van der Waals surface area contributed by atoms with Crippen LogP contribution in [0.15, 0.2) is 174 Å². The van der Waals surface area contributed by atoms with E-state index in [0.29, 0.717) is 0 Å². The van der Waals surface area contributed by atoms with E-state index in [-0.39, 0.29) is 5.60 Å². The molecule has 0 heterocycles. The van der Waals surface area contributed by atoms with E-state index in [1.807, 2.05) is 6.07 Å². The summed E-state index contributed by atoms with van der Waals surface area (Å²) in [4.78, 5) is 4.62. The molecule has 236 valence electrons. The average molecular weight is 690 g/mol. The summed E-state index contributed by atoms with van der Waals surface area (Å²) < 4.78 is 7.16. The fourth-order valence-electron chi connectivity index (χ4n) is 6.05. The van der Waals surface area contributed by atoms with Crippen molar-refractivity contribution in [1.29, 1.82) is 0 Å². The van der Waals surface area contributed by atoms with Gasteiger partial charge in [-0.25, -0.2) is 0 Å². The Bertz CT molecular complexity index is 2140. The molecule has 7 rings (SSSR count). The van der Waals surface area contributed by atoms with Gasteiger partial charge in [-0.05, 0) is 122 Å². The van der Waals surface area contributed by atoms with E-state index >= 15 is 0 Å². The molecule has 0 fully saturated rings. The maximum atomic E-state index is 6.18. The van der Waals surface area contributed by atoms with Crippen molar-refractivity contribution in [3.8, 4) is 16.9 Å². The van der Waals surface area contributed by atoms with E-state index in [1.165, 1.54) is 21.9 Å². The summed E-state index contributed by atoms with van der Waals surface area (Å²) in [6.45, 7) is 6.20. The molecule has 0 unspecified atom stereocenters. The van der Waals surface area contributed by atoms with Crippen LogP contribution in [0.4, 0.5) is 34.1 Å². The fourth-order valence-corrected chi connectivity index (χ4v) is 6.52. The first-order chi connectivity index (χ1) is 23.3. The van der Waals surface area contributed by atoms with Crippen LogP contribution in [0.3, 0.4) is 0 Å². The summed E-state index contributed by atoms with van der Waals surface area (Å²) in [6.07, 6.45) is 0. The standard InChI is InChI=1S/C44H37BrN2O/c1-44(2,3)48-43-26-24-39(25-27-43)46(38-21-18-34(19-22-38)32-12-6-4-7-13-32)41-29-36(45)30-42(31-41)47(37-16-8-5-9-17-37)40-23-20-33-14-10-11-15-35(33)28-40/h4-31H,1-3H3. The first-order valence-corrected chi connectivity index (χ1v) is 17.0. The molecule has 0 aromatic heterocycles. The van der Waals surface area contributed by atoms with Gasteiger partial charge in [0.05, 0.1) is 0 Å². The number of halogens is 1. The van der Waals surface area contributed by atoms with Crippen molar-refractivity contribution in [2.24, 2.45) is 0 Å². The van der Waals surface area contributed by atoms with Crippen molar-refractivity contribution in [1.82, 2.24) is 0 Å². The lowest BCUT2D eigenvalue weighted by molar-refractivity contribution is 0.131. The van der Waals surface area contributed by atoms with Crippen LogP contribution in [0, 0.1) is 0 Å². The van der Waals surface area contributed by atoms with Gasteiger partial charge in [-0.1, -0.05) is 107 Å². The van der Waals surface area contributed by atoms with Crippen molar-refractivity contribution in [3.05, 3.63) is 174 Å². The Kier molecular flexibility index (Phi) is 8.75. The third kappa shape index (κ3) is 7.00. The van der Waals surface area contributed by atoms with Crippen molar-refractivity contribution in [2.75, 3.05) is 9.80 Å². The van der Waals surface area contributed by atoms with E-state index < -0.39 is 0 Å². The van der Waals surface area contributed by atoms with E-state index in [0.717, 1.165) is 44.3 Å². The first-order valence-electron chi connectivity index (χ1n) is 16.2. The van der Waals surface area contributed by atoms with E-state index in [2.05, 4.69) is 210 Å². The van der Waals surface area contributed by atoms with Gasteiger partial charge in [-0.3, -0.25) is 0 Å². The van der Waals surface area contributed by atoms with E-state index in [9.17, 15) is 0 Å². The monoisotopic (exact) mass is 688 g/mol. The maximum Gasteiger partial charge on any atom is 0.120 e. The van der Waals surface area contributed by atoms with E-state index in [1.54, 1.807) is 0 Å². The van der Waals surface area contributed by atoms with Gasteiger partial charge in [-0.2, -0.15) is 0 Å². The van der Waals surface area contributed by atoms with Gasteiger partial charge < -0.3 is 14.5 Å². The van der Waals surface area contributed by atoms with Crippen LogP contribution in [0.25, 0.3) is 21.9 Å². The molecule has 0 aliphatic carbocycles. The second-order valence-electron chi connectivity index (χ2n) is 12.8. The van der Waals surface area contributed by atoms with Crippen molar-refractivity contribution < 1.29 is 4.74 Å². The fraction of sp³-hybridized carbons (Fsp3) is 0.0909. The molecule has 0 spiro atoms. The molecule has 0 saturated carbocycles. The molecule has 0 amide bonds. The van der Waals surface area contributed by atoms with Gasteiger partial charge in [0.25, 0.3) is 0 Å². The molecule has 0 bridgehead atoms. The molecule has 48 heavy (non-hydrogen) atoms. The zero-order chi connectivity index (χ0) is 33.1. The topological polar surface area (TPSA) is 15.7 Å². The minimum Gasteiger partial charge on any atom is -0.488 e. The average Bonchev–Trinajstić information content (AvgIpc) is 3.10. The van der Waals surface area contributed by atoms with Crippen LogP contribution >= 0.6 is 15.9 Å². The lowest BCUT2D eigenvalue weighted by Gasteiger charge is -2.30. The smallest absolute Gasteiger partial charge is 0.120 e. The number of para-hydroxylation sites is 1. The molecule has 0 aliphatic rings. The Balaban J connectivity index is 1.36. The molecule has 0 radical (unpaired) electrons. The summed E-state index contributed by atoms with van der Waals surface area (Å²) in [5.41, 5.74) is 8.41. The van der Waals surface area contributed by atoms with Gasteiger partial charge >= 0.3 is 0 Å². The zero-order valence-electron chi connectivity index (χ0n) is 27.3. The number of rotatable bonds is 8. The molecular weight excluding hydrogens is 652 g/mol. The molecule has 7 aromatic rings. The third-order valence-electron chi connectivity index (χ3n) is 8.14. The Morgan fingerprint density at radius 3 is 1.52 bits per heavy atom. The van der Waals surface area contributed by atoms with Gasteiger partial charge in [-0.15, -0.1) is 0 Å². The second-order valence-corrected chi connectivity index (χ2v) is 13.7. The predicted octanol–water partition coefficient (Wildman–Crippen LogP) is 13.4. The lowest BCUT2D eigenvalue weighted by Crippen LogP contribution is -2.22. The summed E-state index contributed by atoms with van der Waals surface area (Å²) in [5, 5.41) is 2.41. The Labute approximate surface area is 291 Å². The van der Waals surface area contributed by atoms with Gasteiger partial charge in [0.2, 0.25) is 0 Å². The van der Waals surface area contributed by atoms with Crippen LogP contribution in [-0.4, -0.2) is 5.60 Å². The Morgan fingerprint density at radius 1 is 0.417 bits per heavy atom. The lowest BCUT2D eigenvalue weighted by atomic mass is 10.0. The number of benzene rings is 7. The van der Waals surface area contributed by atoms with Crippen LogP contribution in [0.2, 0.25) is 0 Å². The molecule has 7 aromatic carbocycles. The van der Waals surface area contributed by atoms with Gasteiger partial charge in [0.1, 0.15) is 11.4 Å². The van der Waals surface area contributed by atoms with Crippen molar-refractivity contribution in [3.63, 3.8) is 0 Å². The molecule has 0 saturated heterocycles. The molecule has 0 N–H and O–H groups in total. The quantitative estimate of drug-likeness (QED) is 0.158. The number of anilines is 6. The normalized spacial score (nSPS) is 11.3. The number of fused-ring (bicyclic) bond motifs is 1. The summed E-state index contributed by atoms with van der Waals surface area (Å²) in [7, 11) is 0. The molecule has 0 aliphatic heterocycles. The number of ether oxygens (including phenoxy) is 1. The summed E-state index contributed by atoms with van der Waals surface area (Å²) >= 11 is 3.89. The zero-order valence-corrected chi connectivity index (χ0v) is 28.9. The van der Waals surface area contributed by atoms with Gasteiger partial charge in [0.15, 0.2) is 0 Å². The minimum atomic E-state index is -0.280. The molecule has 4 heteroatoms. The maximum absolute atomic E-state index is 6.18. The summed E-state index contributed by atoms with van der Waals surface area (Å²) in [5.74, 6) is 0.840.